The highest BCUT2D eigenvalue weighted by molar-refractivity contribution is 7.99. The number of carbonyl (C=O) groups is 2. The van der Waals surface area contributed by atoms with Crippen LogP contribution in [0.1, 0.15) is 31.9 Å². The molecule has 0 bridgehead atoms. The molecule has 3 amide bonds. The molecule has 0 aliphatic carbocycles. The summed E-state index contributed by atoms with van der Waals surface area (Å²) < 4.78 is 44.3. The van der Waals surface area contributed by atoms with E-state index < -0.39 is 23.4 Å². The van der Waals surface area contributed by atoms with E-state index in [2.05, 4.69) is 0 Å². The summed E-state index contributed by atoms with van der Waals surface area (Å²) in [5.41, 5.74) is -0.536. The van der Waals surface area contributed by atoms with Crippen molar-refractivity contribution in [3.8, 4) is 0 Å². The number of hydrogen-bond donors (Lipinski definition) is 0. The average molecular weight is 446 g/mol. The molecule has 30 heavy (non-hydrogen) atoms. The normalized spacial score (nSPS) is 18.0. The van der Waals surface area contributed by atoms with E-state index in [1.54, 1.807) is 35.5 Å². The Morgan fingerprint density at radius 1 is 0.967 bits per heavy atom. The van der Waals surface area contributed by atoms with Gasteiger partial charge in [-0.3, -0.25) is 0 Å². The van der Waals surface area contributed by atoms with Gasteiger partial charge < -0.3 is 19.4 Å². The third-order valence-corrected chi connectivity index (χ3v) is 5.92. The number of fused-ring (bicyclic) bond motifs is 1. The van der Waals surface area contributed by atoms with Crippen LogP contribution in [0.3, 0.4) is 0 Å². The quantitative estimate of drug-likeness (QED) is 0.598. The van der Waals surface area contributed by atoms with Crippen LogP contribution in [0.15, 0.2) is 23.1 Å². The molecule has 0 atom stereocenters. The first kappa shape index (κ1) is 22.6. The van der Waals surface area contributed by atoms with Gasteiger partial charge in [-0.2, -0.15) is 13.2 Å². The first-order valence-corrected chi connectivity index (χ1v) is 10.8. The second-order valence-electron chi connectivity index (χ2n) is 8.33. The summed E-state index contributed by atoms with van der Waals surface area (Å²) in [6, 6.07) is 3.52. The van der Waals surface area contributed by atoms with E-state index in [1.165, 1.54) is 17.8 Å². The number of alkyl halides is 3. The van der Waals surface area contributed by atoms with Crippen LogP contribution in [0.2, 0.25) is 0 Å². The van der Waals surface area contributed by atoms with Crippen LogP contribution in [0, 0.1) is 0 Å². The van der Waals surface area contributed by atoms with Crippen molar-refractivity contribution < 1.29 is 27.5 Å². The van der Waals surface area contributed by atoms with Gasteiger partial charge in [-0.05, 0) is 38.5 Å². The molecule has 0 saturated carbocycles. The molecule has 1 aromatic rings. The number of hydrogen-bond acceptors (Lipinski definition) is 4. The second-order valence-corrected chi connectivity index (χ2v) is 9.46. The molecule has 3 rings (SSSR count). The number of halogens is 3. The lowest BCUT2D eigenvalue weighted by atomic mass is 10.1. The number of thioether (sulfide) groups is 1. The minimum absolute atomic E-state index is 0.160. The summed E-state index contributed by atoms with van der Waals surface area (Å²) >= 11 is 1.34. The molecule has 2 heterocycles. The topological polar surface area (TPSA) is 53.1 Å². The zero-order chi connectivity index (χ0) is 22.1. The van der Waals surface area contributed by atoms with E-state index in [0.717, 1.165) is 12.1 Å². The number of ether oxygens (including phenoxy) is 1. The fourth-order valence-electron chi connectivity index (χ4n) is 3.32. The largest absolute Gasteiger partial charge is 0.444 e. The zero-order valence-electron chi connectivity index (χ0n) is 17.3. The summed E-state index contributed by atoms with van der Waals surface area (Å²) in [5, 5.41) is 0. The summed E-state index contributed by atoms with van der Waals surface area (Å²) in [5.74, 6) is 0.526. The van der Waals surface area contributed by atoms with Gasteiger partial charge in [0.1, 0.15) is 5.60 Å². The van der Waals surface area contributed by atoms with E-state index >= 15 is 0 Å². The molecule has 2 aliphatic rings. The smallest absolute Gasteiger partial charge is 0.416 e. The molecule has 166 valence electrons. The lowest BCUT2D eigenvalue weighted by Crippen LogP contribution is -2.54. The Balaban J connectivity index is 1.61. The van der Waals surface area contributed by atoms with Crippen molar-refractivity contribution in [2.45, 2.75) is 44.0 Å². The van der Waals surface area contributed by atoms with Crippen LogP contribution in [-0.4, -0.2) is 70.9 Å². The SMILES string of the molecule is CC(C)(C)OC(=O)N1CCN(C(=O)N2CCSc3cc(C(F)(F)F)ccc3C2)CC1. The molecular weight excluding hydrogens is 419 g/mol. The Morgan fingerprint density at radius 2 is 1.60 bits per heavy atom. The number of rotatable bonds is 0. The van der Waals surface area contributed by atoms with Crippen LogP contribution >= 0.6 is 11.8 Å². The molecule has 2 aliphatic heterocycles. The van der Waals surface area contributed by atoms with Gasteiger partial charge in [-0.1, -0.05) is 6.07 Å². The Hall–Kier alpha value is -2.10. The van der Waals surface area contributed by atoms with Crippen LogP contribution in [0.5, 0.6) is 0 Å². The maximum Gasteiger partial charge on any atom is 0.416 e. The number of carbonyl (C=O) groups excluding carboxylic acids is 2. The summed E-state index contributed by atoms with van der Waals surface area (Å²) in [6.07, 6.45) is -4.78. The highest BCUT2D eigenvalue weighted by Crippen LogP contribution is 2.35. The van der Waals surface area contributed by atoms with Gasteiger partial charge in [0.05, 0.1) is 5.56 Å². The highest BCUT2D eigenvalue weighted by Gasteiger charge is 2.33. The van der Waals surface area contributed by atoms with Gasteiger partial charge in [-0.15, -0.1) is 11.8 Å². The number of urea groups is 1. The zero-order valence-corrected chi connectivity index (χ0v) is 18.1. The minimum Gasteiger partial charge on any atom is -0.444 e. The number of benzene rings is 1. The molecule has 10 heteroatoms. The fraction of sp³-hybridized carbons (Fsp3) is 0.600. The average Bonchev–Trinajstić information content (AvgIpc) is 2.87. The van der Waals surface area contributed by atoms with Gasteiger partial charge in [0.25, 0.3) is 0 Å². The fourth-order valence-corrected chi connectivity index (χ4v) is 4.38. The first-order valence-electron chi connectivity index (χ1n) is 9.79. The van der Waals surface area contributed by atoms with Gasteiger partial charge >= 0.3 is 18.3 Å². The predicted molar refractivity (Wildman–Crippen MR) is 107 cm³/mol. The lowest BCUT2D eigenvalue weighted by molar-refractivity contribution is -0.137. The van der Waals surface area contributed by atoms with E-state index in [4.69, 9.17) is 4.74 Å². The second kappa shape index (κ2) is 8.56. The molecule has 0 N–H and O–H groups in total. The molecule has 1 saturated heterocycles. The number of amides is 3. The van der Waals surface area contributed by atoms with Crippen molar-refractivity contribution in [1.82, 2.24) is 14.7 Å². The highest BCUT2D eigenvalue weighted by atomic mass is 32.2. The van der Waals surface area contributed by atoms with Crippen molar-refractivity contribution in [2.24, 2.45) is 0 Å². The van der Waals surface area contributed by atoms with Crippen molar-refractivity contribution in [3.63, 3.8) is 0 Å². The molecule has 0 aromatic heterocycles. The third-order valence-electron chi connectivity index (χ3n) is 4.85. The molecule has 0 spiro atoms. The van der Waals surface area contributed by atoms with Crippen LogP contribution < -0.4 is 0 Å². The molecular formula is C20H26F3N3O3S. The monoisotopic (exact) mass is 445 g/mol. The standard InChI is InChI=1S/C20H26F3N3O3S/c1-19(2,3)29-18(28)25-8-6-24(7-9-25)17(27)26-10-11-30-16-12-15(20(21,22)23)5-4-14(16)13-26/h4-5,12H,6-11,13H2,1-3H3. The van der Waals surface area contributed by atoms with Crippen LogP contribution in [-0.2, 0) is 17.5 Å². The molecule has 1 aromatic carbocycles. The van der Waals surface area contributed by atoms with E-state index in [-0.39, 0.29) is 12.6 Å². The summed E-state index contributed by atoms with van der Waals surface area (Å²) in [7, 11) is 0. The van der Waals surface area contributed by atoms with Gasteiger partial charge in [0, 0.05) is 49.9 Å². The number of nitrogens with zero attached hydrogens (tertiary/aromatic N) is 3. The van der Waals surface area contributed by atoms with Gasteiger partial charge in [-0.25, -0.2) is 9.59 Å². The van der Waals surface area contributed by atoms with E-state index in [1.807, 2.05) is 0 Å². The predicted octanol–water partition coefficient (Wildman–Crippen LogP) is 4.29. The Morgan fingerprint density at radius 3 is 2.20 bits per heavy atom. The first-order chi connectivity index (χ1) is 13.9. The van der Waals surface area contributed by atoms with Crippen molar-refractivity contribution in [1.29, 1.82) is 0 Å². The van der Waals surface area contributed by atoms with Crippen molar-refractivity contribution in [3.05, 3.63) is 29.3 Å². The molecule has 0 radical (unpaired) electrons. The lowest BCUT2D eigenvalue weighted by Gasteiger charge is -2.37. The third kappa shape index (κ3) is 5.53. The minimum atomic E-state index is -4.38. The van der Waals surface area contributed by atoms with Gasteiger partial charge in [0.2, 0.25) is 0 Å². The molecule has 0 unspecified atom stereocenters. The Bertz CT molecular complexity index is 803. The van der Waals surface area contributed by atoms with E-state index in [9.17, 15) is 22.8 Å². The summed E-state index contributed by atoms with van der Waals surface area (Å²) in [4.78, 5) is 30.6. The summed E-state index contributed by atoms with van der Waals surface area (Å²) in [6.45, 7) is 7.68. The molecule has 6 nitrogen and oxygen atoms in total. The number of piperazine rings is 1. The Kier molecular flexibility index (Phi) is 6.45. The maximum atomic E-state index is 13.0. The molecule has 1 fully saturated rings. The van der Waals surface area contributed by atoms with Gasteiger partial charge in [0.15, 0.2) is 0 Å². The van der Waals surface area contributed by atoms with E-state index in [0.29, 0.717) is 48.9 Å². The maximum absolute atomic E-state index is 13.0. The van der Waals surface area contributed by atoms with Crippen molar-refractivity contribution in [2.75, 3.05) is 38.5 Å². The van der Waals surface area contributed by atoms with Crippen molar-refractivity contribution >= 4 is 23.9 Å². The van der Waals surface area contributed by atoms with Crippen LogP contribution in [0.25, 0.3) is 0 Å². The Labute approximate surface area is 178 Å². The van der Waals surface area contributed by atoms with Crippen LogP contribution in [0.4, 0.5) is 22.8 Å².